The average molecular weight is 172 g/mol. The van der Waals surface area contributed by atoms with Crippen LogP contribution in [0.5, 0.6) is 0 Å². The molecule has 0 aromatic heterocycles. The van der Waals surface area contributed by atoms with Crippen molar-refractivity contribution in [2.45, 2.75) is 45.8 Å². The van der Waals surface area contributed by atoms with Gasteiger partial charge in [-0.25, -0.2) is 0 Å². The third kappa shape index (κ3) is 1.99. The van der Waals surface area contributed by atoms with E-state index < -0.39 is 0 Å². The second-order valence-corrected chi connectivity index (χ2v) is 3.51. The molecule has 0 aromatic rings. The Labute approximate surface area is 75.2 Å². The molecule has 1 heterocycles. The van der Waals surface area contributed by atoms with Crippen LogP contribution in [-0.2, 0) is 9.47 Å². The lowest BCUT2D eigenvalue weighted by molar-refractivity contribution is -0.285. The van der Waals surface area contributed by atoms with E-state index in [4.69, 9.17) is 9.47 Å². The van der Waals surface area contributed by atoms with E-state index in [1.165, 1.54) is 0 Å². The van der Waals surface area contributed by atoms with Gasteiger partial charge in [0.1, 0.15) is 0 Å². The van der Waals surface area contributed by atoms with Gasteiger partial charge in [-0.3, -0.25) is 0 Å². The summed E-state index contributed by atoms with van der Waals surface area (Å²) in [5, 5.41) is 0. The van der Waals surface area contributed by atoms with Crippen LogP contribution in [0.15, 0.2) is 0 Å². The molecule has 12 heavy (non-hydrogen) atoms. The first-order valence-corrected chi connectivity index (χ1v) is 5.04. The number of hydrogen-bond acceptors (Lipinski definition) is 2. The van der Waals surface area contributed by atoms with Crippen molar-refractivity contribution < 1.29 is 9.47 Å². The Morgan fingerprint density at radius 2 is 1.58 bits per heavy atom. The molecule has 0 radical (unpaired) electrons. The minimum Gasteiger partial charge on any atom is -0.350 e. The van der Waals surface area contributed by atoms with Crippen molar-refractivity contribution in [2.24, 2.45) is 5.92 Å². The molecule has 2 nitrogen and oxygen atoms in total. The molecule has 72 valence electrons. The van der Waals surface area contributed by atoms with Crippen molar-refractivity contribution in [3.05, 3.63) is 0 Å². The summed E-state index contributed by atoms with van der Waals surface area (Å²) in [6.45, 7) is 8.17. The van der Waals surface area contributed by atoms with Crippen LogP contribution in [0.1, 0.15) is 40.0 Å². The van der Waals surface area contributed by atoms with Gasteiger partial charge in [-0.15, -0.1) is 0 Å². The minimum absolute atomic E-state index is 0.258. The highest BCUT2D eigenvalue weighted by Crippen LogP contribution is 2.28. The van der Waals surface area contributed by atoms with Crippen molar-refractivity contribution >= 4 is 0 Å². The maximum absolute atomic E-state index is 5.75. The summed E-state index contributed by atoms with van der Waals surface area (Å²) in [5.74, 6) is 0.349. The second kappa shape index (κ2) is 4.24. The van der Waals surface area contributed by atoms with Crippen LogP contribution < -0.4 is 0 Å². The van der Waals surface area contributed by atoms with E-state index in [1.807, 2.05) is 0 Å². The quantitative estimate of drug-likeness (QED) is 0.651. The van der Waals surface area contributed by atoms with Crippen LogP contribution in [0.25, 0.3) is 0 Å². The standard InChI is InChI=1S/C10H20O2/c1-4-9-7-11-10(5-2,6-3)12-8-9/h9H,4-8H2,1-3H3. The molecule has 0 N–H and O–H groups in total. The Morgan fingerprint density at radius 3 is 1.92 bits per heavy atom. The maximum Gasteiger partial charge on any atom is 0.167 e. The Kier molecular flexibility index (Phi) is 3.53. The topological polar surface area (TPSA) is 18.5 Å². The van der Waals surface area contributed by atoms with Crippen LogP contribution in [0.2, 0.25) is 0 Å². The van der Waals surface area contributed by atoms with Gasteiger partial charge in [0.2, 0.25) is 0 Å². The van der Waals surface area contributed by atoms with Gasteiger partial charge in [0.15, 0.2) is 5.79 Å². The lowest BCUT2D eigenvalue weighted by Gasteiger charge is -2.38. The van der Waals surface area contributed by atoms with Crippen molar-refractivity contribution in [3.8, 4) is 0 Å². The van der Waals surface area contributed by atoms with Gasteiger partial charge < -0.3 is 9.47 Å². The number of rotatable bonds is 3. The average Bonchev–Trinajstić information content (AvgIpc) is 2.18. The highest BCUT2D eigenvalue weighted by Gasteiger charge is 2.33. The maximum atomic E-state index is 5.75. The van der Waals surface area contributed by atoms with E-state index in [0.29, 0.717) is 5.92 Å². The minimum atomic E-state index is -0.258. The van der Waals surface area contributed by atoms with Crippen LogP contribution in [0.4, 0.5) is 0 Å². The molecular formula is C10H20O2. The molecule has 1 saturated heterocycles. The number of ether oxygens (including phenoxy) is 2. The van der Waals surface area contributed by atoms with E-state index in [1.54, 1.807) is 0 Å². The lowest BCUT2D eigenvalue weighted by atomic mass is 10.0. The smallest absolute Gasteiger partial charge is 0.167 e. The van der Waals surface area contributed by atoms with Crippen LogP contribution in [0.3, 0.4) is 0 Å². The molecule has 1 aliphatic heterocycles. The van der Waals surface area contributed by atoms with Gasteiger partial charge in [-0.1, -0.05) is 20.8 Å². The zero-order valence-electron chi connectivity index (χ0n) is 8.43. The largest absolute Gasteiger partial charge is 0.350 e. The molecule has 0 spiro atoms. The lowest BCUT2D eigenvalue weighted by Crippen LogP contribution is -2.43. The van der Waals surface area contributed by atoms with Crippen LogP contribution in [0, 0.1) is 5.92 Å². The molecule has 0 unspecified atom stereocenters. The zero-order valence-corrected chi connectivity index (χ0v) is 8.43. The van der Waals surface area contributed by atoms with E-state index >= 15 is 0 Å². The first-order chi connectivity index (χ1) is 5.76. The molecule has 0 atom stereocenters. The van der Waals surface area contributed by atoms with E-state index in [-0.39, 0.29) is 5.79 Å². The zero-order chi connectivity index (χ0) is 9.03. The molecule has 1 rings (SSSR count). The third-order valence-electron chi connectivity index (χ3n) is 2.82. The van der Waals surface area contributed by atoms with Crippen molar-refractivity contribution in [3.63, 3.8) is 0 Å². The summed E-state index contributed by atoms with van der Waals surface area (Å²) in [7, 11) is 0. The Morgan fingerprint density at radius 1 is 1.08 bits per heavy atom. The summed E-state index contributed by atoms with van der Waals surface area (Å²) in [6, 6.07) is 0. The molecule has 0 bridgehead atoms. The molecule has 2 heteroatoms. The third-order valence-corrected chi connectivity index (χ3v) is 2.82. The van der Waals surface area contributed by atoms with Gasteiger partial charge in [-0.05, 0) is 19.3 Å². The highest BCUT2D eigenvalue weighted by molar-refractivity contribution is 4.72. The predicted octanol–water partition coefficient (Wildman–Crippen LogP) is 2.58. The Balaban J connectivity index is 2.42. The molecule has 0 amide bonds. The predicted molar refractivity (Wildman–Crippen MR) is 49.0 cm³/mol. The monoisotopic (exact) mass is 172 g/mol. The second-order valence-electron chi connectivity index (χ2n) is 3.51. The van der Waals surface area contributed by atoms with Gasteiger partial charge in [0, 0.05) is 5.92 Å². The molecule has 0 aromatic carbocycles. The fourth-order valence-corrected chi connectivity index (χ4v) is 1.52. The molecular weight excluding hydrogens is 152 g/mol. The summed E-state index contributed by atoms with van der Waals surface area (Å²) < 4.78 is 11.5. The highest BCUT2D eigenvalue weighted by atomic mass is 16.7. The summed E-state index contributed by atoms with van der Waals surface area (Å²) >= 11 is 0. The number of hydrogen-bond donors (Lipinski definition) is 0. The summed E-state index contributed by atoms with van der Waals surface area (Å²) in [5.41, 5.74) is 0. The molecule has 0 aliphatic carbocycles. The fourth-order valence-electron chi connectivity index (χ4n) is 1.52. The molecule has 0 saturated carbocycles. The van der Waals surface area contributed by atoms with E-state index in [2.05, 4.69) is 20.8 Å². The summed E-state index contributed by atoms with van der Waals surface area (Å²) in [6.07, 6.45) is 3.07. The molecule has 1 aliphatic rings. The van der Waals surface area contributed by atoms with Crippen molar-refractivity contribution in [1.82, 2.24) is 0 Å². The first kappa shape index (κ1) is 10.0. The van der Waals surface area contributed by atoms with Crippen molar-refractivity contribution in [1.29, 1.82) is 0 Å². The Bertz CT molecular complexity index is 120. The summed E-state index contributed by atoms with van der Waals surface area (Å²) in [4.78, 5) is 0. The van der Waals surface area contributed by atoms with E-state index in [9.17, 15) is 0 Å². The SMILES string of the molecule is CCC1COC(CC)(CC)OC1. The van der Waals surface area contributed by atoms with Gasteiger partial charge >= 0.3 is 0 Å². The molecule has 1 fully saturated rings. The normalized spacial score (nSPS) is 24.2. The van der Waals surface area contributed by atoms with Crippen molar-refractivity contribution in [2.75, 3.05) is 13.2 Å². The van der Waals surface area contributed by atoms with Crippen LogP contribution >= 0.6 is 0 Å². The fraction of sp³-hybridized carbons (Fsp3) is 1.00. The van der Waals surface area contributed by atoms with E-state index in [0.717, 1.165) is 32.5 Å². The first-order valence-electron chi connectivity index (χ1n) is 5.04. The Hall–Kier alpha value is -0.0800. The van der Waals surface area contributed by atoms with Gasteiger partial charge in [0.25, 0.3) is 0 Å². The van der Waals surface area contributed by atoms with Crippen LogP contribution in [-0.4, -0.2) is 19.0 Å². The van der Waals surface area contributed by atoms with Gasteiger partial charge in [0.05, 0.1) is 13.2 Å². The van der Waals surface area contributed by atoms with Gasteiger partial charge in [-0.2, -0.15) is 0 Å².